The van der Waals surface area contributed by atoms with Gasteiger partial charge in [0.15, 0.2) is 5.44 Å². The fourth-order valence-electron chi connectivity index (χ4n) is 2.49. The van der Waals surface area contributed by atoms with Gasteiger partial charge in [0.25, 0.3) is 5.92 Å². The van der Waals surface area contributed by atoms with Crippen LogP contribution in [0.3, 0.4) is 0 Å². The molecule has 3 N–H and O–H groups in total. The van der Waals surface area contributed by atoms with Gasteiger partial charge in [-0.05, 0) is 12.8 Å². The molecule has 1 saturated heterocycles. The maximum atomic E-state index is 13.1. The summed E-state index contributed by atoms with van der Waals surface area (Å²) in [5.74, 6) is -8.40. The summed E-state index contributed by atoms with van der Waals surface area (Å²) in [6, 6.07) is 0. The second kappa shape index (κ2) is 10.6. The zero-order valence-electron chi connectivity index (χ0n) is 14.7. The first kappa shape index (κ1) is 25.3. The molecule has 0 spiro atoms. The van der Waals surface area contributed by atoms with Crippen LogP contribution in [0.2, 0.25) is 0 Å². The number of hydrogen-bond acceptors (Lipinski definition) is 6. The third kappa shape index (κ3) is 6.42. The van der Waals surface area contributed by atoms with Crippen LogP contribution in [0.1, 0.15) is 40.5 Å². The van der Waals surface area contributed by atoms with Crippen LogP contribution < -0.4 is 0 Å². The third-order valence-electron chi connectivity index (χ3n) is 4.40. The summed E-state index contributed by atoms with van der Waals surface area (Å²) in [5, 5.41) is 25.8. The fraction of sp³-hybridized carbons (Fsp3) is 1.00. The standard InChI is InChI=1S/C8H16F2O3S.C7H12F2OS/c1-3-6(13-4-14)5(2)8(9,10)7(11)12;1-3-5-4(2)7(8,9)6(10)11-5/h5-7,11-12,14H,3-4H2,1-2H3;4-6,10H,3H2,1-2H3/t5-,6-;4-,5+,6?/m11/s1. The normalized spacial score (nSPS) is 28.4. The summed E-state index contributed by atoms with van der Waals surface area (Å²) in [6.07, 6.45) is -2.33. The van der Waals surface area contributed by atoms with E-state index in [0.717, 1.165) is 11.8 Å². The van der Waals surface area contributed by atoms with Crippen LogP contribution in [0.4, 0.5) is 17.6 Å². The van der Waals surface area contributed by atoms with E-state index in [1.165, 1.54) is 13.8 Å². The molecule has 5 atom stereocenters. The monoisotopic (exact) mass is 412 g/mol. The average molecular weight is 413 g/mol. The van der Waals surface area contributed by atoms with E-state index < -0.39 is 41.5 Å². The van der Waals surface area contributed by atoms with Crippen molar-refractivity contribution in [2.75, 3.05) is 5.94 Å². The van der Waals surface area contributed by atoms with E-state index in [1.807, 2.05) is 6.92 Å². The lowest BCUT2D eigenvalue weighted by atomic mass is 9.95. The van der Waals surface area contributed by atoms with Gasteiger partial charge in [-0.2, -0.15) is 12.6 Å². The SMILES string of the molecule is CC[C@@H](OCS)[C@@H](C)C(F)(F)C(O)O.CC[C@@H]1SC(O)C(F)(F)[C@@H]1C. The minimum Gasteiger partial charge on any atom is -0.376 e. The highest BCUT2D eigenvalue weighted by Gasteiger charge is 2.54. The topological polar surface area (TPSA) is 69.9 Å². The Hall–Kier alpha value is 0.260. The van der Waals surface area contributed by atoms with Crippen LogP contribution in [0.15, 0.2) is 0 Å². The van der Waals surface area contributed by atoms with Gasteiger partial charge in [0.05, 0.1) is 18.0 Å². The Morgan fingerprint density at radius 1 is 1.28 bits per heavy atom. The summed E-state index contributed by atoms with van der Waals surface area (Å²) in [7, 11) is 0. The minimum atomic E-state index is -3.57. The lowest BCUT2D eigenvalue weighted by Gasteiger charge is -2.30. The number of halogens is 4. The largest absolute Gasteiger partial charge is 0.376 e. The molecule has 1 aliphatic rings. The first-order chi connectivity index (χ1) is 11.4. The Balaban J connectivity index is 0.000000472. The number of thioether (sulfide) groups is 1. The summed E-state index contributed by atoms with van der Waals surface area (Å²) in [6.45, 7) is 6.27. The van der Waals surface area contributed by atoms with Gasteiger partial charge >= 0.3 is 5.92 Å². The summed E-state index contributed by atoms with van der Waals surface area (Å²) < 4.78 is 56.9. The van der Waals surface area contributed by atoms with Gasteiger partial charge in [-0.1, -0.05) is 27.7 Å². The number of hydrogen-bond donors (Lipinski definition) is 4. The van der Waals surface area contributed by atoms with E-state index in [-0.39, 0.29) is 11.2 Å². The highest BCUT2D eigenvalue weighted by molar-refractivity contribution is 8.00. The molecule has 1 rings (SSSR count). The van der Waals surface area contributed by atoms with E-state index >= 15 is 0 Å². The molecule has 0 radical (unpaired) electrons. The van der Waals surface area contributed by atoms with Gasteiger partial charge in [-0.3, -0.25) is 0 Å². The first-order valence-corrected chi connectivity index (χ1v) is 9.62. The second-order valence-corrected chi connectivity index (χ2v) is 7.56. The highest BCUT2D eigenvalue weighted by atomic mass is 32.2. The lowest BCUT2D eigenvalue weighted by molar-refractivity contribution is -0.246. The second-order valence-electron chi connectivity index (χ2n) is 5.98. The van der Waals surface area contributed by atoms with Crippen molar-refractivity contribution in [3.05, 3.63) is 0 Å². The van der Waals surface area contributed by atoms with Crippen LogP contribution in [0.25, 0.3) is 0 Å². The first-order valence-electron chi connectivity index (χ1n) is 8.05. The van der Waals surface area contributed by atoms with Crippen molar-refractivity contribution in [1.82, 2.24) is 0 Å². The third-order valence-corrected chi connectivity index (χ3v) is 6.21. The molecule has 152 valence electrons. The van der Waals surface area contributed by atoms with Crippen LogP contribution in [0, 0.1) is 11.8 Å². The van der Waals surface area contributed by atoms with E-state index in [9.17, 15) is 17.6 Å². The molecule has 1 aliphatic heterocycles. The van der Waals surface area contributed by atoms with Gasteiger partial charge in [-0.25, -0.2) is 17.6 Å². The molecule has 1 unspecified atom stereocenters. The van der Waals surface area contributed by atoms with Crippen molar-refractivity contribution in [1.29, 1.82) is 0 Å². The molecule has 0 aromatic heterocycles. The molecule has 0 aromatic rings. The van der Waals surface area contributed by atoms with Gasteiger partial charge < -0.3 is 20.1 Å². The van der Waals surface area contributed by atoms with Crippen LogP contribution in [0.5, 0.6) is 0 Å². The van der Waals surface area contributed by atoms with E-state index in [0.29, 0.717) is 12.8 Å². The zero-order chi connectivity index (χ0) is 20.0. The Kier molecular flexibility index (Phi) is 10.7. The maximum absolute atomic E-state index is 13.1. The van der Waals surface area contributed by atoms with E-state index in [4.69, 9.17) is 20.1 Å². The van der Waals surface area contributed by atoms with Gasteiger partial charge in [-0.15, -0.1) is 11.8 Å². The van der Waals surface area contributed by atoms with Crippen molar-refractivity contribution in [2.45, 2.75) is 75.5 Å². The molecule has 0 aromatic carbocycles. The van der Waals surface area contributed by atoms with Crippen LogP contribution >= 0.6 is 24.4 Å². The number of alkyl halides is 4. The molecule has 0 amide bonds. The quantitative estimate of drug-likeness (QED) is 0.293. The molecule has 0 aliphatic carbocycles. The minimum absolute atomic E-state index is 0.0282. The average Bonchev–Trinajstić information content (AvgIpc) is 2.74. The molecule has 0 bridgehead atoms. The number of rotatable bonds is 7. The molecule has 0 saturated carbocycles. The number of aliphatic hydroxyl groups excluding tert-OH is 2. The number of aliphatic hydroxyl groups is 3. The van der Waals surface area contributed by atoms with Crippen LogP contribution in [-0.2, 0) is 4.74 Å². The molecule has 10 heteroatoms. The van der Waals surface area contributed by atoms with E-state index in [2.05, 4.69) is 12.6 Å². The molecular weight excluding hydrogens is 384 g/mol. The van der Waals surface area contributed by atoms with Gasteiger partial charge in [0.1, 0.15) is 0 Å². The molecule has 1 heterocycles. The van der Waals surface area contributed by atoms with Gasteiger partial charge in [0.2, 0.25) is 6.29 Å². The predicted molar refractivity (Wildman–Crippen MR) is 93.1 cm³/mol. The Labute approximate surface area is 155 Å². The fourth-order valence-corrected chi connectivity index (χ4v) is 4.02. The molecular formula is C15H28F4O4S2. The lowest BCUT2D eigenvalue weighted by Crippen LogP contribution is -2.45. The highest BCUT2D eigenvalue weighted by Crippen LogP contribution is 2.48. The number of ether oxygens (including phenoxy) is 1. The van der Waals surface area contributed by atoms with Gasteiger partial charge in [0, 0.05) is 11.2 Å². The maximum Gasteiger partial charge on any atom is 0.302 e. The Bertz CT molecular complexity index is 389. The van der Waals surface area contributed by atoms with Crippen molar-refractivity contribution >= 4 is 24.4 Å². The smallest absolute Gasteiger partial charge is 0.302 e. The summed E-state index contributed by atoms with van der Waals surface area (Å²) >= 11 is 4.75. The molecule has 4 nitrogen and oxygen atoms in total. The summed E-state index contributed by atoms with van der Waals surface area (Å²) in [5.41, 5.74) is -1.50. The van der Waals surface area contributed by atoms with Crippen molar-refractivity contribution in [2.24, 2.45) is 11.8 Å². The summed E-state index contributed by atoms with van der Waals surface area (Å²) in [4.78, 5) is 0. The van der Waals surface area contributed by atoms with Crippen molar-refractivity contribution in [3.63, 3.8) is 0 Å². The van der Waals surface area contributed by atoms with Crippen LogP contribution in [-0.4, -0.2) is 56.2 Å². The number of thiol groups is 1. The molecule has 25 heavy (non-hydrogen) atoms. The zero-order valence-corrected chi connectivity index (χ0v) is 16.4. The van der Waals surface area contributed by atoms with Crippen molar-refractivity contribution < 1.29 is 37.6 Å². The Morgan fingerprint density at radius 2 is 1.80 bits per heavy atom. The Morgan fingerprint density at radius 3 is 2.04 bits per heavy atom. The van der Waals surface area contributed by atoms with E-state index in [1.54, 1.807) is 6.92 Å². The predicted octanol–water partition coefficient (Wildman–Crippen LogP) is 3.35. The van der Waals surface area contributed by atoms with Crippen molar-refractivity contribution in [3.8, 4) is 0 Å². The molecule has 1 fully saturated rings.